The van der Waals surface area contributed by atoms with Crippen LogP contribution in [0.5, 0.6) is 0 Å². The van der Waals surface area contributed by atoms with Gasteiger partial charge in [-0.1, -0.05) is 30.3 Å². The van der Waals surface area contributed by atoms with Crippen LogP contribution in [0, 0.1) is 0 Å². The lowest BCUT2D eigenvalue weighted by Crippen LogP contribution is -2.45. The predicted molar refractivity (Wildman–Crippen MR) is 71.2 cm³/mol. The molecule has 0 radical (unpaired) electrons. The van der Waals surface area contributed by atoms with E-state index in [0.717, 1.165) is 26.2 Å². The number of nitrogens with zero attached hydrogens (tertiary/aromatic N) is 1. The minimum atomic E-state index is 0.437. The van der Waals surface area contributed by atoms with Crippen LogP contribution in [0.1, 0.15) is 17.2 Å². The second-order valence-corrected chi connectivity index (χ2v) is 4.78. The van der Waals surface area contributed by atoms with E-state index in [1.807, 2.05) is 12.3 Å². The van der Waals surface area contributed by atoms with Gasteiger partial charge in [-0.25, -0.2) is 0 Å². The molecule has 1 atom stereocenters. The Morgan fingerprint density at radius 3 is 2.89 bits per heavy atom. The smallest absolute Gasteiger partial charge is 0.0947 e. The van der Waals surface area contributed by atoms with Gasteiger partial charge in [0.1, 0.15) is 0 Å². The molecule has 0 amide bonds. The maximum Gasteiger partial charge on any atom is 0.0947 e. The number of benzene rings is 1. The Hall–Kier alpha value is -1.58. The first-order valence-corrected chi connectivity index (χ1v) is 6.43. The van der Waals surface area contributed by atoms with Crippen molar-refractivity contribution in [1.82, 2.24) is 10.2 Å². The Kier molecular flexibility index (Phi) is 3.44. The molecule has 0 saturated carbocycles. The molecular weight excluding hydrogens is 224 g/mol. The first-order chi connectivity index (χ1) is 8.92. The monoisotopic (exact) mass is 242 g/mol. The third-order valence-corrected chi connectivity index (χ3v) is 3.45. The summed E-state index contributed by atoms with van der Waals surface area (Å²) in [6.07, 6.45) is 3.58. The van der Waals surface area contributed by atoms with Crippen LogP contribution >= 0.6 is 0 Å². The van der Waals surface area contributed by atoms with E-state index >= 15 is 0 Å². The highest BCUT2D eigenvalue weighted by Crippen LogP contribution is 2.18. The van der Waals surface area contributed by atoms with Crippen LogP contribution in [-0.4, -0.2) is 24.5 Å². The molecule has 2 aromatic rings. The van der Waals surface area contributed by atoms with E-state index in [-0.39, 0.29) is 0 Å². The molecule has 1 unspecified atom stereocenters. The third-order valence-electron chi connectivity index (χ3n) is 3.45. The molecule has 94 valence electrons. The van der Waals surface area contributed by atoms with Crippen LogP contribution in [0.25, 0.3) is 0 Å². The van der Waals surface area contributed by atoms with Crippen molar-refractivity contribution in [1.29, 1.82) is 0 Å². The fourth-order valence-electron chi connectivity index (χ4n) is 2.50. The quantitative estimate of drug-likeness (QED) is 0.896. The number of nitrogens with one attached hydrogen (secondary N) is 1. The normalized spacial score (nSPS) is 21.0. The summed E-state index contributed by atoms with van der Waals surface area (Å²) in [6.45, 7) is 4.16. The van der Waals surface area contributed by atoms with Crippen LogP contribution in [0.3, 0.4) is 0 Å². The third kappa shape index (κ3) is 2.63. The maximum absolute atomic E-state index is 5.13. The molecule has 0 bridgehead atoms. The topological polar surface area (TPSA) is 28.4 Å². The summed E-state index contributed by atoms with van der Waals surface area (Å²) < 4.78 is 5.13. The lowest BCUT2D eigenvalue weighted by Gasteiger charge is -2.33. The number of hydrogen-bond acceptors (Lipinski definition) is 3. The minimum Gasteiger partial charge on any atom is -0.472 e. The fraction of sp³-hybridized carbons (Fsp3) is 0.333. The van der Waals surface area contributed by atoms with Crippen LogP contribution < -0.4 is 5.32 Å². The molecule has 18 heavy (non-hydrogen) atoms. The van der Waals surface area contributed by atoms with Crippen molar-refractivity contribution in [2.75, 3.05) is 19.6 Å². The molecule has 3 nitrogen and oxygen atoms in total. The van der Waals surface area contributed by atoms with Gasteiger partial charge in [0.05, 0.1) is 12.5 Å². The van der Waals surface area contributed by atoms with Gasteiger partial charge in [-0.3, -0.25) is 4.90 Å². The van der Waals surface area contributed by atoms with Crippen molar-refractivity contribution >= 4 is 0 Å². The highest BCUT2D eigenvalue weighted by Gasteiger charge is 2.20. The molecule has 1 fully saturated rings. The summed E-state index contributed by atoms with van der Waals surface area (Å²) in [5, 5.41) is 3.58. The van der Waals surface area contributed by atoms with E-state index < -0.39 is 0 Å². The standard InChI is InChI=1S/C15H18N2O/c1-2-4-14(5-3-1)15-11-17(8-7-16-15)10-13-6-9-18-12-13/h1-6,9,12,15-16H,7-8,10-11H2. The van der Waals surface area contributed by atoms with Gasteiger partial charge in [0.25, 0.3) is 0 Å². The fourth-order valence-corrected chi connectivity index (χ4v) is 2.50. The van der Waals surface area contributed by atoms with Gasteiger partial charge in [-0.2, -0.15) is 0 Å². The van der Waals surface area contributed by atoms with Crippen molar-refractivity contribution in [2.24, 2.45) is 0 Å². The molecule has 1 aliphatic rings. The van der Waals surface area contributed by atoms with Gasteiger partial charge >= 0.3 is 0 Å². The Balaban J connectivity index is 1.65. The van der Waals surface area contributed by atoms with Gasteiger partial charge in [0, 0.05) is 37.8 Å². The summed E-state index contributed by atoms with van der Waals surface area (Å²) in [6, 6.07) is 13.1. The van der Waals surface area contributed by atoms with Crippen molar-refractivity contribution in [2.45, 2.75) is 12.6 Å². The minimum absolute atomic E-state index is 0.437. The van der Waals surface area contributed by atoms with E-state index in [4.69, 9.17) is 4.42 Å². The van der Waals surface area contributed by atoms with Crippen molar-refractivity contribution in [3.8, 4) is 0 Å². The van der Waals surface area contributed by atoms with Crippen molar-refractivity contribution in [3.63, 3.8) is 0 Å². The van der Waals surface area contributed by atoms with Crippen LogP contribution in [-0.2, 0) is 6.54 Å². The summed E-state index contributed by atoms with van der Waals surface area (Å²) >= 11 is 0. The maximum atomic E-state index is 5.13. The molecular formula is C15H18N2O. The molecule has 1 aromatic heterocycles. The van der Waals surface area contributed by atoms with Gasteiger partial charge in [-0.15, -0.1) is 0 Å². The molecule has 1 aliphatic heterocycles. The first kappa shape index (κ1) is 11.5. The van der Waals surface area contributed by atoms with E-state index in [1.54, 1.807) is 6.26 Å². The first-order valence-electron chi connectivity index (χ1n) is 6.43. The summed E-state index contributed by atoms with van der Waals surface area (Å²) in [5.41, 5.74) is 2.62. The zero-order chi connectivity index (χ0) is 12.2. The van der Waals surface area contributed by atoms with Crippen molar-refractivity contribution < 1.29 is 4.42 Å². The average Bonchev–Trinajstić information content (AvgIpc) is 2.93. The van der Waals surface area contributed by atoms with E-state index in [9.17, 15) is 0 Å². The predicted octanol–water partition coefficient (Wildman–Crippen LogP) is 2.43. The second-order valence-electron chi connectivity index (χ2n) is 4.78. The zero-order valence-electron chi connectivity index (χ0n) is 10.4. The molecule has 1 N–H and O–H groups in total. The lowest BCUT2D eigenvalue weighted by atomic mass is 10.0. The highest BCUT2D eigenvalue weighted by molar-refractivity contribution is 5.20. The van der Waals surface area contributed by atoms with Gasteiger partial charge in [-0.05, 0) is 11.6 Å². The molecule has 1 aromatic carbocycles. The molecule has 3 heteroatoms. The molecule has 0 aliphatic carbocycles. The Morgan fingerprint density at radius 1 is 1.22 bits per heavy atom. The van der Waals surface area contributed by atoms with Crippen molar-refractivity contribution in [3.05, 3.63) is 60.1 Å². The zero-order valence-corrected chi connectivity index (χ0v) is 10.4. The van der Waals surface area contributed by atoms with Crippen LogP contribution in [0.2, 0.25) is 0 Å². The average molecular weight is 242 g/mol. The van der Waals surface area contributed by atoms with Gasteiger partial charge in [0.2, 0.25) is 0 Å². The summed E-state index contributed by atoms with van der Waals surface area (Å²) in [4.78, 5) is 2.47. The Bertz CT molecular complexity index is 467. The number of rotatable bonds is 3. The van der Waals surface area contributed by atoms with E-state index in [1.165, 1.54) is 11.1 Å². The van der Waals surface area contributed by atoms with Crippen LogP contribution in [0.15, 0.2) is 53.3 Å². The lowest BCUT2D eigenvalue weighted by molar-refractivity contribution is 0.193. The SMILES string of the molecule is c1ccc(C2CN(Cc3ccoc3)CCN2)cc1. The summed E-state index contributed by atoms with van der Waals surface area (Å²) in [5.74, 6) is 0. The molecule has 0 spiro atoms. The number of hydrogen-bond donors (Lipinski definition) is 1. The largest absolute Gasteiger partial charge is 0.472 e. The summed E-state index contributed by atoms with van der Waals surface area (Å²) in [7, 11) is 0. The van der Waals surface area contributed by atoms with Gasteiger partial charge < -0.3 is 9.73 Å². The molecule has 1 saturated heterocycles. The highest BCUT2D eigenvalue weighted by atomic mass is 16.3. The van der Waals surface area contributed by atoms with Crippen LogP contribution in [0.4, 0.5) is 0 Å². The number of furan rings is 1. The second kappa shape index (κ2) is 5.38. The molecule has 2 heterocycles. The number of piperazine rings is 1. The molecule has 3 rings (SSSR count). The van der Waals surface area contributed by atoms with Gasteiger partial charge in [0.15, 0.2) is 0 Å². The van der Waals surface area contributed by atoms with E-state index in [2.05, 4.69) is 40.5 Å². The Labute approximate surface area is 107 Å². The van der Waals surface area contributed by atoms with E-state index in [0.29, 0.717) is 6.04 Å². The Morgan fingerprint density at radius 2 is 2.11 bits per heavy atom.